The van der Waals surface area contributed by atoms with Gasteiger partial charge in [0.05, 0.1) is 23.7 Å². The molecule has 3 heteroatoms. The highest BCUT2D eigenvalue weighted by Gasteiger charge is 2.15. The maximum atomic E-state index is 5.31. The summed E-state index contributed by atoms with van der Waals surface area (Å²) in [7, 11) is 1.69. The molecule has 0 N–H and O–H groups in total. The lowest BCUT2D eigenvalue weighted by Crippen LogP contribution is -1.95. The highest BCUT2D eigenvalue weighted by molar-refractivity contribution is 6.17. The molecule has 0 aliphatic heterocycles. The second-order valence-corrected chi connectivity index (χ2v) is 6.09. The minimum atomic E-state index is 0.857. The van der Waals surface area contributed by atoms with Gasteiger partial charge in [-0.2, -0.15) is 0 Å². The van der Waals surface area contributed by atoms with Gasteiger partial charge >= 0.3 is 0 Å². The lowest BCUT2D eigenvalue weighted by Gasteiger charge is -2.10. The van der Waals surface area contributed by atoms with Crippen molar-refractivity contribution < 1.29 is 4.74 Å². The van der Waals surface area contributed by atoms with E-state index in [0.29, 0.717) is 0 Å². The Morgan fingerprint density at radius 3 is 2.28 bits per heavy atom. The molecule has 3 aromatic carbocycles. The van der Waals surface area contributed by atoms with Gasteiger partial charge in [0.1, 0.15) is 5.75 Å². The van der Waals surface area contributed by atoms with E-state index in [9.17, 15) is 0 Å². The molecule has 0 bridgehead atoms. The van der Waals surface area contributed by atoms with E-state index in [0.717, 1.165) is 22.3 Å². The molecule has 0 saturated carbocycles. The number of para-hydroxylation sites is 2. The topological polar surface area (TPSA) is 27.1 Å². The minimum Gasteiger partial charge on any atom is -0.497 e. The van der Waals surface area contributed by atoms with Crippen molar-refractivity contribution in [3.8, 4) is 11.4 Å². The van der Waals surface area contributed by atoms with Crippen LogP contribution in [0.1, 0.15) is 0 Å². The van der Waals surface area contributed by atoms with Crippen LogP contribution in [0.4, 0.5) is 0 Å². The number of benzene rings is 3. The first-order chi connectivity index (χ1) is 12.4. The quantitative estimate of drug-likeness (QED) is 0.438. The number of aromatic nitrogens is 2. The van der Waals surface area contributed by atoms with Crippen molar-refractivity contribution in [2.24, 2.45) is 0 Å². The number of hydrogen-bond donors (Lipinski definition) is 0. The van der Waals surface area contributed by atoms with E-state index in [4.69, 9.17) is 4.74 Å². The van der Waals surface area contributed by atoms with Crippen molar-refractivity contribution >= 4 is 32.7 Å². The van der Waals surface area contributed by atoms with Gasteiger partial charge in [-0.1, -0.05) is 36.4 Å². The van der Waals surface area contributed by atoms with Gasteiger partial charge in [0.2, 0.25) is 0 Å². The Bertz CT molecular complexity index is 1220. The Balaban J connectivity index is 1.98. The largest absolute Gasteiger partial charge is 0.497 e. The monoisotopic (exact) mass is 324 g/mol. The lowest BCUT2D eigenvalue weighted by molar-refractivity contribution is 0.415. The zero-order valence-electron chi connectivity index (χ0n) is 13.8. The average molecular weight is 324 g/mol. The Hall–Kier alpha value is -3.33. The Labute approximate surface area is 145 Å². The number of pyridine rings is 1. The van der Waals surface area contributed by atoms with E-state index in [1.54, 1.807) is 7.11 Å². The van der Waals surface area contributed by atoms with Crippen LogP contribution in [0.3, 0.4) is 0 Å². The van der Waals surface area contributed by atoms with Gasteiger partial charge < -0.3 is 9.30 Å². The standard InChI is InChI=1S/C22H16N2O/c1-25-16-12-10-15(11-13-16)24-21-9-5-3-6-17(21)19-14-23-20-8-4-2-7-18(20)22(19)24/h2-14H,1H3. The fourth-order valence-electron chi connectivity index (χ4n) is 3.58. The molecule has 0 radical (unpaired) electrons. The first kappa shape index (κ1) is 14.1. The third-order valence-corrected chi connectivity index (χ3v) is 4.74. The fraction of sp³-hybridized carbons (Fsp3) is 0.0455. The smallest absolute Gasteiger partial charge is 0.119 e. The van der Waals surface area contributed by atoms with Crippen LogP contribution in [-0.2, 0) is 0 Å². The molecule has 0 amide bonds. The third-order valence-electron chi connectivity index (χ3n) is 4.74. The molecule has 120 valence electrons. The summed E-state index contributed by atoms with van der Waals surface area (Å²) < 4.78 is 7.63. The predicted octanol–water partition coefficient (Wildman–Crippen LogP) is 5.34. The van der Waals surface area contributed by atoms with Crippen molar-refractivity contribution in [2.75, 3.05) is 7.11 Å². The molecule has 0 aliphatic carbocycles. The summed E-state index contributed by atoms with van der Waals surface area (Å²) in [5, 5.41) is 3.55. The number of methoxy groups -OCH3 is 1. The maximum Gasteiger partial charge on any atom is 0.119 e. The Kier molecular flexibility index (Phi) is 3.01. The van der Waals surface area contributed by atoms with E-state index in [1.807, 2.05) is 24.4 Å². The van der Waals surface area contributed by atoms with E-state index in [2.05, 4.69) is 64.1 Å². The number of rotatable bonds is 2. The molecular weight excluding hydrogens is 308 g/mol. The molecule has 5 rings (SSSR count). The summed E-state index contributed by atoms with van der Waals surface area (Å²) in [4.78, 5) is 4.66. The van der Waals surface area contributed by atoms with Crippen LogP contribution < -0.4 is 4.74 Å². The fourth-order valence-corrected chi connectivity index (χ4v) is 3.58. The van der Waals surface area contributed by atoms with Gasteiger partial charge in [0, 0.05) is 28.0 Å². The predicted molar refractivity (Wildman–Crippen MR) is 103 cm³/mol. The normalized spacial score (nSPS) is 11.4. The number of hydrogen-bond acceptors (Lipinski definition) is 2. The molecular formula is C22H16N2O. The van der Waals surface area contributed by atoms with Crippen LogP contribution in [-0.4, -0.2) is 16.7 Å². The van der Waals surface area contributed by atoms with Crippen molar-refractivity contribution in [1.29, 1.82) is 0 Å². The van der Waals surface area contributed by atoms with E-state index in [-0.39, 0.29) is 0 Å². The van der Waals surface area contributed by atoms with Crippen LogP contribution in [0.25, 0.3) is 38.4 Å². The molecule has 2 heterocycles. The average Bonchev–Trinajstić information content (AvgIpc) is 3.03. The third kappa shape index (κ3) is 2.02. The molecule has 0 spiro atoms. The summed E-state index contributed by atoms with van der Waals surface area (Å²) in [6.07, 6.45) is 1.99. The number of fused-ring (bicyclic) bond motifs is 5. The van der Waals surface area contributed by atoms with Crippen LogP contribution in [0.5, 0.6) is 5.75 Å². The molecule has 3 nitrogen and oxygen atoms in total. The van der Waals surface area contributed by atoms with Gasteiger partial charge in [-0.05, 0) is 36.4 Å². The Morgan fingerprint density at radius 1 is 0.760 bits per heavy atom. The van der Waals surface area contributed by atoms with Crippen LogP contribution >= 0.6 is 0 Å². The summed E-state index contributed by atoms with van der Waals surface area (Å²) in [6.45, 7) is 0. The zero-order valence-corrected chi connectivity index (χ0v) is 13.8. The lowest BCUT2D eigenvalue weighted by atomic mass is 10.1. The molecule has 0 aliphatic rings. The molecule has 5 aromatic rings. The van der Waals surface area contributed by atoms with Crippen LogP contribution in [0, 0.1) is 0 Å². The van der Waals surface area contributed by atoms with Crippen LogP contribution in [0.15, 0.2) is 79.0 Å². The van der Waals surface area contributed by atoms with E-state index in [1.165, 1.54) is 21.8 Å². The van der Waals surface area contributed by atoms with Crippen molar-refractivity contribution in [3.63, 3.8) is 0 Å². The highest BCUT2D eigenvalue weighted by Crippen LogP contribution is 2.35. The summed E-state index contributed by atoms with van der Waals surface area (Å²) >= 11 is 0. The minimum absolute atomic E-state index is 0.857. The molecule has 25 heavy (non-hydrogen) atoms. The van der Waals surface area contributed by atoms with Gasteiger partial charge in [0.15, 0.2) is 0 Å². The van der Waals surface area contributed by atoms with Gasteiger partial charge in [-0.25, -0.2) is 0 Å². The second kappa shape index (κ2) is 5.35. The Morgan fingerprint density at radius 2 is 1.48 bits per heavy atom. The molecule has 0 unspecified atom stereocenters. The van der Waals surface area contributed by atoms with Crippen molar-refractivity contribution in [2.45, 2.75) is 0 Å². The molecule has 0 fully saturated rings. The highest BCUT2D eigenvalue weighted by atomic mass is 16.5. The van der Waals surface area contributed by atoms with Crippen molar-refractivity contribution in [3.05, 3.63) is 79.0 Å². The number of nitrogens with zero attached hydrogens (tertiary/aromatic N) is 2. The first-order valence-electron chi connectivity index (χ1n) is 8.28. The SMILES string of the molecule is COc1ccc(-n2c3ccccc3c3cnc4ccccc4c32)cc1. The molecule has 0 atom stereocenters. The summed E-state index contributed by atoms with van der Waals surface area (Å²) in [6, 6.07) is 25.0. The molecule has 2 aromatic heterocycles. The second-order valence-electron chi connectivity index (χ2n) is 6.09. The van der Waals surface area contributed by atoms with Gasteiger partial charge in [-0.15, -0.1) is 0 Å². The summed E-state index contributed by atoms with van der Waals surface area (Å²) in [5.74, 6) is 0.857. The molecule has 0 saturated heterocycles. The maximum absolute atomic E-state index is 5.31. The summed E-state index contributed by atoms with van der Waals surface area (Å²) in [5.41, 5.74) is 4.49. The van der Waals surface area contributed by atoms with Crippen molar-refractivity contribution in [1.82, 2.24) is 9.55 Å². The van der Waals surface area contributed by atoms with Gasteiger partial charge in [0.25, 0.3) is 0 Å². The number of ether oxygens (including phenoxy) is 1. The van der Waals surface area contributed by atoms with Crippen LogP contribution in [0.2, 0.25) is 0 Å². The van der Waals surface area contributed by atoms with E-state index >= 15 is 0 Å². The first-order valence-corrected chi connectivity index (χ1v) is 8.28. The van der Waals surface area contributed by atoms with Gasteiger partial charge in [-0.3, -0.25) is 4.98 Å². The van der Waals surface area contributed by atoms with E-state index < -0.39 is 0 Å². The zero-order chi connectivity index (χ0) is 16.8.